The van der Waals surface area contributed by atoms with Gasteiger partial charge >= 0.3 is 0 Å². The van der Waals surface area contributed by atoms with Crippen molar-refractivity contribution in [2.75, 3.05) is 23.3 Å². The number of para-hydroxylation sites is 1. The largest absolute Gasteiger partial charge is 0.370 e. The third kappa shape index (κ3) is 4.57. The van der Waals surface area contributed by atoms with Crippen LogP contribution in [-0.4, -0.2) is 23.1 Å². The second kappa shape index (κ2) is 8.43. The predicted octanol–water partition coefficient (Wildman–Crippen LogP) is 4.74. The number of halogens is 1. The van der Waals surface area contributed by atoms with Crippen LogP contribution in [0.1, 0.15) is 18.2 Å². The van der Waals surface area contributed by atoms with Gasteiger partial charge in [-0.05, 0) is 50.1 Å². The van der Waals surface area contributed by atoms with Gasteiger partial charge in [0.25, 0.3) is 0 Å². The molecular formula is C21H23FN4. The first-order chi connectivity index (χ1) is 12.7. The van der Waals surface area contributed by atoms with Crippen LogP contribution in [0.3, 0.4) is 0 Å². The molecule has 0 saturated carbocycles. The molecule has 0 aliphatic heterocycles. The number of anilines is 3. The van der Waals surface area contributed by atoms with Crippen molar-refractivity contribution < 1.29 is 4.39 Å². The van der Waals surface area contributed by atoms with E-state index in [1.165, 1.54) is 12.1 Å². The summed E-state index contributed by atoms with van der Waals surface area (Å²) in [6, 6.07) is 18.6. The molecule has 0 unspecified atom stereocenters. The Hall–Kier alpha value is -2.95. The highest BCUT2D eigenvalue weighted by Gasteiger charge is 2.11. The second-order valence-electron chi connectivity index (χ2n) is 6.08. The molecule has 3 aromatic rings. The Bertz CT molecular complexity index is 834. The first kappa shape index (κ1) is 17.9. The molecule has 134 valence electrons. The Kier molecular flexibility index (Phi) is 5.79. The maximum Gasteiger partial charge on any atom is 0.232 e. The molecular weight excluding hydrogens is 327 g/mol. The van der Waals surface area contributed by atoms with Gasteiger partial charge < -0.3 is 10.2 Å². The van der Waals surface area contributed by atoms with Crippen LogP contribution in [0.15, 0.2) is 60.7 Å². The van der Waals surface area contributed by atoms with E-state index in [0.29, 0.717) is 5.95 Å². The van der Waals surface area contributed by atoms with E-state index in [0.717, 1.165) is 42.3 Å². The summed E-state index contributed by atoms with van der Waals surface area (Å²) >= 11 is 0. The molecule has 1 aromatic heterocycles. The number of aryl methyl sites for hydroxylation is 1. The van der Waals surface area contributed by atoms with Gasteiger partial charge in [0.15, 0.2) is 0 Å². The molecule has 3 rings (SSSR count). The van der Waals surface area contributed by atoms with E-state index in [9.17, 15) is 4.39 Å². The standard InChI is InChI=1S/C21H23FN4/c1-3-26(19-7-5-4-6-8-19)21-24-16(2)15-20(25-21)23-14-13-17-9-11-18(22)12-10-17/h4-12,15H,3,13-14H2,1-2H3,(H,23,24,25). The zero-order chi connectivity index (χ0) is 18.4. The lowest BCUT2D eigenvalue weighted by molar-refractivity contribution is 0.627. The first-order valence-electron chi connectivity index (χ1n) is 8.82. The van der Waals surface area contributed by atoms with Gasteiger partial charge in [-0.3, -0.25) is 0 Å². The fraction of sp³-hybridized carbons (Fsp3) is 0.238. The fourth-order valence-electron chi connectivity index (χ4n) is 2.80. The minimum Gasteiger partial charge on any atom is -0.370 e. The zero-order valence-corrected chi connectivity index (χ0v) is 15.1. The minimum absolute atomic E-state index is 0.210. The molecule has 1 N–H and O–H groups in total. The van der Waals surface area contributed by atoms with E-state index in [1.54, 1.807) is 0 Å². The molecule has 26 heavy (non-hydrogen) atoms. The quantitative estimate of drug-likeness (QED) is 0.668. The molecule has 4 nitrogen and oxygen atoms in total. The maximum atomic E-state index is 13.0. The van der Waals surface area contributed by atoms with E-state index in [4.69, 9.17) is 0 Å². The molecule has 0 aliphatic rings. The third-order valence-electron chi connectivity index (χ3n) is 4.10. The first-order valence-corrected chi connectivity index (χ1v) is 8.82. The molecule has 0 aliphatic carbocycles. The molecule has 0 amide bonds. The van der Waals surface area contributed by atoms with Gasteiger partial charge in [0.05, 0.1) is 0 Å². The van der Waals surface area contributed by atoms with Gasteiger partial charge in [0.1, 0.15) is 11.6 Å². The van der Waals surface area contributed by atoms with Crippen molar-refractivity contribution >= 4 is 17.5 Å². The average molecular weight is 350 g/mol. The van der Waals surface area contributed by atoms with Gasteiger partial charge in [0.2, 0.25) is 5.95 Å². The minimum atomic E-state index is -0.210. The van der Waals surface area contributed by atoms with Crippen LogP contribution in [0.2, 0.25) is 0 Å². The summed E-state index contributed by atoms with van der Waals surface area (Å²) in [6.07, 6.45) is 0.800. The Labute approximate surface area is 153 Å². The molecule has 0 atom stereocenters. The second-order valence-corrected chi connectivity index (χ2v) is 6.08. The highest BCUT2D eigenvalue weighted by atomic mass is 19.1. The number of benzene rings is 2. The topological polar surface area (TPSA) is 41.1 Å². The van der Waals surface area contributed by atoms with Gasteiger partial charge in [-0.2, -0.15) is 4.98 Å². The van der Waals surface area contributed by atoms with E-state index in [-0.39, 0.29) is 5.82 Å². The normalized spacial score (nSPS) is 10.6. The van der Waals surface area contributed by atoms with Crippen molar-refractivity contribution in [3.05, 3.63) is 77.7 Å². The van der Waals surface area contributed by atoms with Crippen molar-refractivity contribution in [1.29, 1.82) is 0 Å². The Morgan fingerprint density at radius 2 is 1.73 bits per heavy atom. The van der Waals surface area contributed by atoms with Crippen molar-refractivity contribution in [2.24, 2.45) is 0 Å². The predicted molar refractivity (Wildman–Crippen MR) is 104 cm³/mol. The molecule has 2 aromatic carbocycles. The number of nitrogens with zero attached hydrogens (tertiary/aromatic N) is 3. The summed E-state index contributed by atoms with van der Waals surface area (Å²) < 4.78 is 13.0. The molecule has 0 fully saturated rings. The van der Waals surface area contributed by atoms with Crippen molar-refractivity contribution in [1.82, 2.24) is 9.97 Å². The fourth-order valence-corrected chi connectivity index (χ4v) is 2.80. The summed E-state index contributed by atoms with van der Waals surface area (Å²) in [5.41, 5.74) is 3.07. The molecule has 1 heterocycles. The summed E-state index contributed by atoms with van der Waals surface area (Å²) in [7, 11) is 0. The van der Waals surface area contributed by atoms with Crippen LogP contribution in [-0.2, 0) is 6.42 Å². The third-order valence-corrected chi connectivity index (χ3v) is 4.10. The lowest BCUT2D eigenvalue weighted by Crippen LogP contribution is -2.20. The summed E-state index contributed by atoms with van der Waals surface area (Å²) in [4.78, 5) is 11.3. The highest BCUT2D eigenvalue weighted by Crippen LogP contribution is 2.23. The number of nitrogens with one attached hydrogen (secondary N) is 1. The lowest BCUT2D eigenvalue weighted by atomic mass is 10.1. The van der Waals surface area contributed by atoms with E-state index < -0.39 is 0 Å². The van der Waals surface area contributed by atoms with Gasteiger partial charge in [-0.1, -0.05) is 30.3 Å². The van der Waals surface area contributed by atoms with Crippen molar-refractivity contribution in [2.45, 2.75) is 20.3 Å². The van der Waals surface area contributed by atoms with Crippen molar-refractivity contribution in [3.63, 3.8) is 0 Å². The monoisotopic (exact) mass is 350 g/mol. The maximum absolute atomic E-state index is 13.0. The number of aromatic nitrogens is 2. The summed E-state index contributed by atoms with van der Waals surface area (Å²) in [5, 5.41) is 3.35. The van der Waals surface area contributed by atoms with Gasteiger partial charge in [0, 0.05) is 30.5 Å². The smallest absolute Gasteiger partial charge is 0.232 e. The number of hydrogen-bond donors (Lipinski definition) is 1. The number of hydrogen-bond acceptors (Lipinski definition) is 4. The molecule has 0 bridgehead atoms. The molecule has 0 saturated heterocycles. The van der Waals surface area contributed by atoms with Crippen LogP contribution in [0.4, 0.5) is 21.8 Å². The SMILES string of the molecule is CCN(c1ccccc1)c1nc(C)cc(NCCc2ccc(F)cc2)n1. The summed E-state index contributed by atoms with van der Waals surface area (Å²) in [6.45, 7) is 5.55. The molecule has 5 heteroatoms. The Morgan fingerprint density at radius 1 is 1.00 bits per heavy atom. The van der Waals surface area contributed by atoms with Crippen LogP contribution in [0, 0.1) is 12.7 Å². The highest BCUT2D eigenvalue weighted by molar-refractivity contribution is 5.58. The van der Waals surface area contributed by atoms with Crippen LogP contribution >= 0.6 is 0 Å². The van der Waals surface area contributed by atoms with Crippen LogP contribution in [0.5, 0.6) is 0 Å². The van der Waals surface area contributed by atoms with Crippen LogP contribution in [0.25, 0.3) is 0 Å². The molecule has 0 spiro atoms. The van der Waals surface area contributed by atoms with Crippen molar-refractivity contribution in [3.8, 4) is 0 Å². The van der Waals surface area contributed by atoms with E-state index in [1.807, 2.05) is 43.3 Å². The lowest BCUT2D eigenvalue weighted by Gasteiger charge is -2.22. The Morgan fingerprint density at radius 3 is 2.42 bits per heavy atom. The van der Waals surface area contributed by atoms with Crippen LogP contribution < -0.4 is 10.2 Å². The van der Waals surface area contributed by atoms with Gasteiger partial charge in [-0.15, -0.1) is 0 Å². The van der Waals surface area contributed by atoms with E-state index in [2.05, 4.69) is 39.2 Å². The average Bonchev–Trinajstić information content (AvgIpc) is 2.65. The number of rotatable bonds is 7. The molecule has 0 radical (unpaired) electrons. The zero-order valence-electron chi connectivity index (χ0n) is 15.1. The van der Waals surface area contributed by atoms with Gasteiger partial charge in [-0.25, -0.2) is 9.37 Å². The Balaban J connectivity index is 1.71. The summed E-state index contributed by atoms with van der Waals surface area (Å²) in [5.74, 6) is 1.27. The van der Waals surface area contributed by atoms with E-state index >= 15 is 0 Å².